The number of carbonyl (C=O) groups is 1. The molecule has 1 aliphatic rings. The van der Waals surface area contributed by atoms with Gasteiger partial charge >= 0.3 is 0 Å². The Kier molecular flexibility index (Phi) is 3.81. The molecule has 0 bridgehead atoms. The molecule has 1 saturated heterocycles. The molecule has 1 amide bonds. The minimum absolute atomic E-state index is 0.0687. The van der Waals surface area contributed by atoms with E-state index in [0.29, 0.717) is 11.4 Å². The second-order valence-corrected chi connectivity index (χ2v) is 6.32. The van der Waals surface area contributed by atoms with Gasteiger partial charge in [-0.25, -0.2) is 4.39 Å². The van der Waals surface area contributed by atoms with Gasteiger partial charge in [0.1, 0.15) is 11.2 Å². The fourth-order valence-corrected chi connectivity index (χ4v) is 4.10. The molecule has 1 fully saturated rings. The van der Waals surface area contributed by atoms with Crippen LogP contribution in [0.2, 0.25) is 0 Å². The van der Waals surface area contributed by atoms with Crippen molar-refractivity contribution in [3.8, 4) is 0 Å². The molecule has 0 aliphatic carbocycles. The van der Waals surface area contributed by atoms with E-state index in [2.05, 4.69) is 15.9 Å². The van der Waals surface area contributed by atoms with Gasteiger partial charge in [-0.15, -0.1) is 11.8 Å². The van der Waals surface area contributed by atoms with E-state index in [1.165, 1.54) is 17.8 Å². The van der Waals surface area contributed by atoms with Crippen molar-refractivity contribution in [2.24, 2.45) is 0 Å². The van der Waals surface area contributed by atoms with E-state index in [1.807, 2.05) is 24.3 Å². The molecule has 3 rings (SSSR count). The van der Waals surface area contributed by atoms with Crippen LogP contribution in [0, 0.1) is 5.82 Å². The Hall–Kier alpha value is -1.33. The van der Waals surface area contributed by atoms with Gasteiger partial charge in [-0.1, -0.05) is 46.3 Å². The van der Waals surface area contributed by atoms with Crippen molar-refractivity contribution in [1.29, 1.82) is 0 Å². The van der Waals surface area contributed by atoms with Crippen molar-refractivity contribution < 1.29 is 9.18 Å². The molecule has 0 spiro atoms. The molecular formula is C15H11BrFNOS. The first-order chi connectivity index (χ1) is 9.68. The Labute approximate surface area is 129 Å². The summed E-state index contributed by atoms with van der Waals surface area (Å²) in [6.45, 7) is 0. The van der Waals surface area contributed by atoms with Crippen molar-refractivity contribution in [3.05, 3.63) is 64.4 Å². The van der Waals surface area contributed by atoms with Crippen LogP contribution in [-0.4, -0.2) is 11.7 Å². The van der Waals surface area contributed by atoms with Crippen LogP contribution in [0.4, 0.5) is 10.1 Å². The fraction of sp³-hybridized carbons (Fsp3) is 0.133. The Morgan fingerprint density at radius 2 is 1.85 bits per heavy atom. The van der Waals surface area contributed by atoms with Gasteiger partial charge < -0.3 is 0 Å². The predicted molar refractivity (Wildman–Crippen MR) is 83.2 cm³/mol. The topological polar surface area (TPSA) is 20.3 Å². The number of halogens is 2. The first-order valence-electron chi connectivity index (χ1n) is 6.11. The van der Waals surface area contributed by atoms with Gasteiger partial charge in [0.05, 0.1) is 11.4 Å². The van der Waals surface area contributed by atoms with E-state index in [1.54, 1.807) is 23.1 Å². The summed E-state index contributed by atoms with van der Waals surface area (Å²) >= 11 is 5.01. The Morgan fingerprint density at radius 1 is 1.15 bits per heavy atom. The van der Waals surface area contributed by atoms with Gasteiger partial charge in [-0.05, 0) is 23.8 Å². The summed E-state index contributed by atoms with van der Waals surface area (Å²) < 4.78 is 14.9. The highest BCUT2D eigenvalue weighted by Gasteiger charge is 2.36. The molecule has 5 heteroatoms. The fourth-order valence-electron chi connectivity index (χ4n) is 2.24. The molecular weight excluding hydrogens is 341 g/mol. The lowest BCUT2D eigenvalue weighted by Gasteiger charge is -2.25. The normalized spacial score (nSPS) is 18.6. The SMILES string of the molecule is O=C1CSC(c2ccccc2Br)N1c1ccccc1F. The second-order valence-electron chi connectivity index (χ2n) is 4.40. The van der Waals surface area contributed by atoms with E-state index >= 15 is 0 Å². The van der Waals surface area contributed by atoms with Crippen molar-refractivity contribution in [2.45, 2.75) is 5.37 Å². The number of carbonyl (C=O) groups excluding carboxylic acids is 1. The standard InChI is InChI=1S/C15H11BrFNOS/c16-11-6-2-1-5-10(11)15-18(14(19)9-20-15)13-8-4-3-7-12(13)17/h1-8,15H,9H2. The van der Waals surface area contributed by atoms with Crippen molar-refractivity contribution in [1.82, 2.24) is 0 Å². The summed E-state index contributed by atoms with van der Waals surface area (Å²) in [6, 6.07) is 14.1. The van der Waals surface area contributed by atoms with Crippen LogP contribution in [0.5, 0.6) is 0 Å². The number of rotatable bonds is 2. The van der Waals surface area contributed by atoms with E-state index in [4.69, 9.17) is 0 Å². The minimum Gasteiger partial charge on any atom is -0.292 e. The number of anilines is 1. The molecule has 0 saturated carbocycles. The number of thioether (sulfide) groups is 1. The van der Waals surface area contributed by atoms with E-state index in [-0.39, 0.29) is 17.1 Å². The highest BCUT2D eigenvalue weighted by Crippen LogP contribution is 2.44. The maximum atomic E-state index is 14.0. The molecule has 1 aliphatic heterocycles. The number of hydrogen-bond acceptors (Lipinski definition) is 2. The van der Waals surface area contributed by atoms with Crippen molar-refractivity contribution in [3.63, 3.8) is 0 Å². The third-order valence-corrected chi connectivity index (χ3v) is 5.07. The maximum absolute atomic E-state index is 14.0. The summed E-state index contributed by atoms with van der Waals surface area (Å²) in [5, 5.41) is -0.199. The van der Waals surface area contributed by atoms with E-state index in [9.17, 15) is 9.18 Å². The highest BCUT2D eigenvalue weighted by atomic mass is 79.9. The third kappa shape index (κ3) is 2.36. The summed E-state index contributed by atoms with van der Waals surface area (Å²) in [6.07, 6.45) is 0. The van der Waals surface area contributed by atoms with E-state index in [0.717, 1.165) is 10.0 Å². The summed E-state index contributed by atoms with van der Waals surface area (Å²) in [4.78, 5) is 13.7. The smallest absolute Gasteiger partial charge is 0.238 e. The number of hydrogen-bond donors (Lipinski definition) is 0. The van der Waals surface area contributed by atoms with Gasteiger partial charge in [0.15, 0.2) is 0 Å². The van der Waals surface area contributed by atoms with Crippen LogP contribution in [0.15, 0.2) is 53.0 Å². The van der Waals surface area contributed by atoms with Crippen LogP contribution in [0.1, 0.15) is 10.9 Å². The summed E-state index contributed by atoms with van der Waals surface area (Å²) in [7, 11) is 0. The van der Waals surface area contributed by atoms with Crippen LogP contribution in [-0.2, 0) is 4.79 Å². The zero-order chi connectivity index (χ0) is 14.1. The monoisotopic (exact) mass is 351 g/mol. The zero-order valence-corrected chi connectivity index (χ0v) is 12.8. The van der Waals surface area contributed by atoms with Gasteiger partial charge in [-0.3, -0.25) is 9.69 Å². The molecule has 1 atom stereocenters. The summed E-state index contributed by atoms with van der Waals surface area (Å²) in [5.74, 6) is -0.0818. The number of para-hydroxylation sites is 1. The molecule has 2 aromatic rings. The van der Waals surface area contributed by atoms with Crippen molar-refractivity contribution >= 4 is 39.3 Å². The van der Waals surface area contributed by atoms with Crippen LogP contribution < -0.4 is 4.90 Å². The van der Waals surface area contributed by atoms with E-state index < -0.39 is 0 Å². The molecule has 2 aromatic carbocycles. The summed E-state index contributed by atoms with van der Waals surface area (Å²) in [5.41, 5.74) is 1.31. The lowest BCUT2D eigenvalue weighted by atomic mass is 10.2. The molecule has 1 unspecified atom stereocenters. The average Bonchev–Trinajstić information content (AvgIpc) is 2.82. The molecule has 20 heavy (non-hydrogen) atoms. The lowest BCUT2D eigenvalue weighted by molar-refractivity contribution is -0.115. The van der Waals surface area contributed by atoms with Crippen molar-refractivity contribution in [2.75, 3.05) is 10.7 Å². The molecule has 2 nitrogen and oxygen atoms in total. The molecule has 0 aromatic heterocycles. The zero-order valence-electron chi connectivity index (χ0n) is 10.4. The van der Waals surface area contributed by atoms with Crippen LogP contribution >= 0.6 is 27.7 Å². The number of nitrogens with zero attached hydrogens (tertiary/aromatic N) is 1. The quantitative estimate of drug-likeness (QED) is 0.800. The van der Waals surface area contributed by atoms with Crippen LogP contribution in [0.3, 0.4) is 0 Å². The maximum Gasteiger partial charge on any atom is 0.238 e. The molecule has 0 N–H and O–H groups in total. The molecule has 1 heterocycles. The lowest BCUT2D eigenvalue weighted by Crippen LogP contribution is -2.28. The largest absolute Gasteiger partial charge is 0.292 e. The first-order valence-corrected chi connectivity index (χ1v) is 7.95. The Balaban J connectivity index is 2.06. The number of amides is 1. The van der Waals surface area contributed by atoms with Gasteiger partial charge in [0.2, 0.25) is 5.91 Å². The minimum atomic E-state index is -0.375. The Morgan fingerprint density at radius 3 is 2.60 bits per heavy atom. The number of benzene rings is 2. The molecule has 0 radical (unpaired) electrons. The average molecular weight is 352 g/mol. The third-order valence-electron chi connectivity index (χ3n) is 3.15. The predicted octanol–water partition coefficient (Wildman–Crippen LogP) is 4.37. The second kappa shape index (κ2) is 5.58. The first kappa shape index (κ1) is 13.6. The Bertz CT molecular complexity index is 664. The molecule has 102 valence electrons. The highest BCUT2D eigenvalue weighted by molar-refractivity contribution is 9.10. The van der Waals surface area contributed by atoms with Gasteiger partial charge in [0, 0.05) is 4.47 Å². The van der Waals surface area contributed by atoms with Crippen LogP contribution in [0.25, 0.3) is 0 Å². The van der Waals surface area contributed by atoms with Gasteiger partial charge in [0.25, 0.3) is 0 Å². The van der Waals surface area contributed by atoms with Gasteiger partial charge in [-0.2, -0.15) is 0 Å².